The summed E-state index contributed by atoms with van der Waals surface area (Å²) in [5.74, 6) is 1.51. The summed E-state index contributed by atoms with van der Waals surface area (Å²) in [7, 11) is 0. The zero-order chi connectivity index (χ0) is 21.2. The monoisotopic (exact) mass is 426 g/mol. The van der Waals surface area contributed by atoms with Gasteiger partial charge in [0, 0.05) is 50.9 Å². The molecule has 7 heteroatoms. The van der Waals surface area contributed by atoms with E-state index in [9.17, 15) is 9.59 Å². The van der Waals surface area contributed by atoms with Crippen molar-refractivity contribution >= 4 is 11.8 Å². The highest BCUT2D eigenvalue weighted by atomic mass is 16.5. The van der Waals surface area contributed by atoms with Gasteiger partial charge in [-0.05, 0) is 37.7 Å². The molecule has 3 heterocycles. The van der Waals surface area contributed by atoms with E-state index in [4.69, 9.17) is 4.74 Å². The van der Waals surface area contributed by atoms with Gasteiger partial charge in [0.1, 0.15) is 17.5 Å². The highest BCUT2D eigenvalue weighted by Crippen LogP contribution is 2.34. The zero-order valence-electron chi connectivity index (χ0n) is 18.4. The Balaban J connectivity index is 1.07. The van der Waals surface area contributed by atoms with Crippen LogP contribution >= 0.6 is 0 Å². The van der Waals surface area contributed by atoms with Gasteiger partial charge in [0.2, 0.25) is 0 Å². The standard InChI is InChI=1S/C24H34N4O3/c29-23(8-7-18-5-6-18)22-15-20(9-10-25-22)31-21-16-28(17-21)24(30)27-12-2-11-26(13-14-27)19-3-1-4-19/h9-10,15,18-19,21H,1-8,11-14,16-17H2. The molecule has 0 atom stereocenters. The molecule has 31 heavy (non-hydrogen) atoms. The van der Waals surface area contributed by atoms with E-state index in [-0.39, 0.29) is 17.9 Å². The number of ether oxygens (including phenoxy) is 1. The lowest BCUT2D eigenvalue weighted by Gasteiger charge is -2.41. The lowest BCUT2D eigenvalue weighted by Crippen LogP contribution is -2.60. The fraction of sp³-hybridized carbons (Fsp3) is 0.708. The molecule has 0 unspecified atom stereocenters. The Bertz CT molecular complexity index is 802. The summed E-state index contributed by atoms with van der Waals surface area (Å²) in [6, 6.07) is 4.44. The number of rotatable bonds is 7. The maximum Gasteiger partial charge on any atom is 0.320 e. The minimum Gasteiger partial charge on any atom is -0.487 e. The fourth-order valence-electron chi connectivity index (χ4n) is 4.81. The topological polar surface area (TPSA) is 66.0 Å². The number of ketones is 1. The minimum absolute atomic E-state index is 0.0146. The normalized spacial score (nSPS) is 23.1. The van der Waals surface area contributed by atoms with Gasteiger partial charge >= 0.3 is 6.03 Å². The van der Waals surface area contributed by atoms with Crippen LogP contribution in [0, 0.1) is 5.92 Å². The predicted octanol–water partition coefficient (Wildman–Crippen LogP) is 3.20. The molecule has 2 aliphatic heterocycles. The van der Waals surface area contributed by atoms with Gasteiger partial charge in [-0.25, -0.2) is 4.79 Å². The number of pyridine rings is 1. The van der Waals surface area contributed by atoms with Crippen molar-refractivity contribution in [3.05, 3.63) is 24.0 Å². The van der Waals surface area contributed by atoms with Crippen molar-refractivity contribution in [3.63, 3.8) is 0 Å². The molecule has 0 aromatic carbocycles. The van der Waals surface area contributed by atoms with E-state index in [0.717, 1.165) is 51.0 Å². The van der Waals surface area contributed by atoms with Gasteiger partial charge in [-0.2, -0.15) is 0 Å². The van der Waals surface area contributed by atoms with Crippen LogP contribution in [0.4, 0.5) is 4.79 Å². The predicted molar refractivity (Wildman–Crippen MR) is 117 cm³/mol. The van der Waals surface area contributed by atoms with Crippen molar-refractivity contribution in [2.45, 2.75) is 63.5 Å². The van der Waals surface area contributed by atoms with Crippen molar-refractivity contribution < 1.29 is 14.3 Å². The molecule has 4 aliphatic rings. The van der Waals surface area contributed by atoms with Crippen molar-refractivity contribution in [2.24, 2.45) is 5.92 Å². The molecule has 5 rings (SSSR count). The minimum atomic E-state index is -0.0146. The maximum atomic E-state index is 12.9. The van der Waals surface area contributed by atoms with Crippen molar-refractivity contribution in [2.75, 3.05) is 39.3 Å². The van der Waals surface area contributed by atoms with E-state index in [1.807, 2.05) is 9.80 Å². The van der Waals surface area contributed by atoms with Gasteiger partial charge in [-0.3, -0.25) is 14.7 Å². The molecule has 1 aromatic heterocycles. The van der Waals surface area contributed by atoms with E-state index >= 15 is 0 Å². The molecule has 0 bridgehead atoms. The van der Waals surface area contributed by atoms with E-state index < -0.39 is 0 Å². The number of amides is 2. The first-order valence-corrected chi connectivity index (χ1v) is 12.1. The number of likely N-dealkylation sites (tertiary alicyclic amines) is 1. The van der Waals surface area contributed by atoms with Crippen LogP contribution in [-0.2, 0) is 0 Å². The maximum absolute atomic E-state index is 12.9. The van der Waals surface area contributed by atoms with Crippen molar-refractivity contribution in [1.29, 1.82) is 0 Å². The van der Waals surface area contributed by atoms with E-state index in [1.54, 1.807) is 18.3 Å². The molecule has 4 fully saturated rings. The van der Waals surface area contributed by atoms with Crippen LogP contribution in [0.3, 0.4) is 0 Å². The Morgan fingerprint density at radius 2 is 1.84 bits per heavy atom. The van der Waals surface area contributed by atoms with Gasteiger partial charge in [0.15, 0.2) is 5.78 Å². The Kier molecular flexibility index (Phi) is 6.12. The van der Waals surface area contributed by atoms with Gasteiger partial charge < -0.3 is 14.5 Å². The quantitative estimate of drug-likeness (QED) is 0.627. The number of hydrogen-bond donors (Lipinski definition) is 0. The first-order valence-electron chi connectivity index (χ1n) is 12.1. The third kappa shape index (κ3) is 5.03. The van der Waals surface area contributed by atoms with E-state index in [1.165, 1.54) is 32.1 Å². The van der Waals surface area contributed by atoms with Crippen LogP contribution in [0.1, 0.15) is 61.9 Å². The summed E-state index contributed by atoms with van der Waals surface area (Å²) in [5.41, 5.74) is 0.492. The number of nitrogens with zero attached hydrogens (tertiary/aromatic N) is 4. The van der Waals surface area contributed by atoms with Crippen LogP contribution in [-0.4, -0.2) is 82.9 Å². The van der Waals surface area contributed by atoms with E-state index in [2.05, 4.69) is 9.88 Å². The number of carbonyl (C=O) groups is 2. The summed E-state index contributed by atoms with van der Waals surface area (Å²) in [4.78, 5) is 35.9. The van der Waals surface area contributed by atoms with Crippen molar-refractivity contribution in [1.82, 2.24) is 19.7 Å². The van der Waals surface area contributed by atoms with Crippen LogP contribution in [0.5, 0.6) is 5.75 Å². The number of hydrogen-bond acceptors (Lipinski definition) is 5. The molecule has 0 radical (unpaired) electrons. The molecular weight excluding hydrogens is 392 g/mol. The highest BCUT2D eigenvalue weighted by Gasteiger charge is 2.36. The molecule has 168 valence electrons. The van der Waals surface area contributed by atoms with Crippen LogP contribution in [0.2, 0.25) is 0 Å². The number of urea groups is 1. The Labute approximate surface area is 184 Å². The molecule has 1 aromatic rings. The molecule has 0 N–H and O–H groups in total. The second kappa shape index (κ2) is 9.15. The summed E-state index contributed by atoms with van der Waals surface area (Å²) < 4.78 is 6.03. The Hall–Kier alpha value is -2.15. The average molecular weight is 427 g/mol. The lowest BCUT2D eigenvalue weighted by molar-refractivity contribution is 0.0307. The largest absolute Gasteiger partial charge is 0.487 e. The van der Waals surface area contributed by atoms with Gasteiger partial charge in [-0.15, -0.1) is 0 Å². The summed E-state index contributed by atoms with van der Waals surface area (Å²) in [6.45, 7) is 5.00. The molecule has 2 saturated heterocycles. The smallest absolute Gasteiger partial charge is 0.320 e. The lowest BCUT2D eigenvalue weighted by atomic mass is 9.91. The van der Waals surface area contributed by atoms with Crippen LogP contribution in [0.15, 0.2) is 18.3 Å². The van der Waals surface area contributed by atoms with E-state index in [0.29, 0.717) is 31.0 Å². The number of Topliss-reactive ketones (excluding diaryl/α,β-unsaturated/α-hetero) is 1. The van der Waals surface area contributed by atoms with Crippen LogP contribution < -0.4 is 4.74 Å². The van der Waals surface area contributed by atoms with Crippen molar-refractivity contribution in [3.8, 4) is 5.75 Å². The highest BCUT2D eigenvalue weighted by molar-refractivity contribution is 5.94. The molecule has 2 aliphatic carbocycles. The first-order chi connectivity index (χ1) is 15.2. The Morgan fingerprint density at radius 1 is 1.00 bits per heavy atom. The molecule has 0 spiro atoms. The first kappa shape index (κ1) is 20.7. The summed E-state index contributed by atoms with van der Waals surface area (Å²) in [5, 5.41) is 0. The third-order valence-electron chi connectivity index (χ3n) is 7.31. The average Bonchev–Trinajstić information content (AvgIpc) is 3.54. The van der Waals surface area contributed by atoms with Gasteiger partial charge in [0.25, 0.3) is 0 Å². The van der Waals surface area contributed by atoms with Gasteiger partial charge in [-0.1, -0.05) is 19.3 Å². The summed E-state index contributed by atoms with van der Waals surface area (Å²) >= 11 is 0. The third-order valence-corrected chi connectivity index (χ3v) is 7.31. The van der Waals surface area contributed by atoms with Crippen LogP contribution in [0.25, 0.3) is 0 Å². The SMILES string of the molecule is O=C(CCC1CC1)c1cc(OC2CN(C(=O)N3CCCN(C4CCC4)CC3)C2)ccn1. The molecule has 7 nitrogen and oxygen atoms in total. The van der Waals surface area contributed by atoms with Gasteiger partial charge in [0.05, 0.1) is 13.1 Å². The Morgan fingerprint density at radius 3 is 2.58 bits per heavy atom. The molecule has 2 saturated carbocycles. The second-order valence-corrected chi connectivity index (χ2v) is 9.67. The number of aromatic nitrogens is 1. The molecular formula is C24H34N4O3. The fourth-order valence-corrected chi connectivity index (χ4v) is 4.81. The number of carbonyl (C=O) groups excluding carboxylic acids is 2. The summed E-state index contributed by atoms with van der Waals surface area (Å²) in [6.07, 6.45) is 10.8. The zero-order valence-corrected chi connectivity index (χ0v) is 18.4. The molecule has 2 amide bonds. The second-order valence-electron chi connectivity index (χ2n) is 9.67.